The lowest BCUT2D eigenvalue weighted by molar-refractivity contribution is -0.122. The molecule has 0 aliphatic heterocycles. The molecule has 0 spiro atoms. The molecule has 0 bridgehead atoms. The van der Waals surface area contributed by atoms with E-state index in [0.29, 0.717) is 25.2 Å². The van der Waals surface area contributed by atoms with Crippen molar-refractivity contribution in [3.63, 3.8) is 0 Å². The Morgan fingerprint density at radius 2 is 2.19 bits per heavy atom. The van der Waals surface area contributed by atoms with Crippen LogP contribution in [0.2, 0.25) is 0 Å². The van der Waals surface area contributed by atoms with E-state index in [4.69, 9.17) is 4.74 Å². The fourth-order valence-electron chi connectivity index (χ4n) is 2.73. The third-order valence-corrected chi connectivity index (χ3v) is 4.00. The number of carbonyl (C=O) groups excluding carboxylic acids is 1. The van der Waals surface area contributed by atoms with E-state index in [1.54, 1.807) is 18.3 Å². The molecule has 0 unspecified atom stereocenters. The molecule has 0 saturated heterocycles. The van der Waals surface area contributed by atoms with E-state index in [1.165, 1.54) is 29.9 Å². The van der Waals surface area contributed by atoms with Crippen molar-refractivity contribution in [2.24, 2.45) is 5.92 Å². The maximum Gasteiger partial charge on any atom is 0.250 e. The van der Waals surface area contributed by atoms with Gasteiger partial charge in [-0.1, -0.05) is 25.8 Å². The van der Waals surface area contributed by atoms with Crippen molar-refractivity contribution >= 4 is 5.91 Å². The summed E-state index contributed by atoms with van der Waals surface area (Å²) in [5.41, 5.74) is -0.167. The Hall–Kier alpha value is -1.62. The fourth-order valence-corrected chi connectivity index (χ4v) is 2.73. The van der Waals surface area contributed by atoms with Gasteiger partial charge in [0.15, 0.2) is 0 Å². The van der Waals surface area contributed by atoms with Crippen LogP contribution in [0.1, 0.15) is 32.6 Å². The highest BCUT2D eigenvalue weighted by molar-refractivity contribution is 5.75. The largest absolute Gasteiger partial charge is 0.376 e. The summed E-state index contributed by atoms with van der Waals surface area (Å²) < 4.78 is 7.22. The second-order valence-electron chi connectivity index (χ2n) is 5.69. The zero-order chi connectivity index (χ0) is 15.1. The number of pyridine rings is 1. The van der Waals surface area contributed by atoms with Crippen molar-refractivity contribution in [1.82, 2.24) is 9.88 Å². The fraction of sp³-hybridized carbons (Fsp3) is 0.625. The zero-order valence-electron chi connectivity index (χ0n) is 12.6. The number of ether oxygens (including phenoxy) is 1. The molecule has 0 radical (unpaired) electrons. The van der Waals surface area contributed by atoms with Gasteiger partial charge < -0.3 is 14.6 Å². The maximum absolute atomic E-state index is 11.8. The first kappa shape index (κ1) is 15.8. The van der Waals surface area contributed by atoms with Gasteiger partial charge in [-0.25, -0.2) is 0 Å². The quantitative estimate of drug-likeness (QED) is 0.809. The van der Waals surface area contributed by atoms with Crippen LogP contribution >= 0.6 is 0 Å². The molecule has 2 atom stereocenters. The van der Waals surface area contributed by atoms with Crippen LogP contribution in [-0.2, 0) is 16.1 Å². The lowest BCUT2D eigenvalue weighted by atomic mass is 9.88. The standard InChI is InChI=1S/C16H24N2O3/c1-13-6-2-3-7-14(13)21-11-9-17-15(19)12-18-10-5-4-8-16(18)20/h4-5,8,10,13-14H,2-3,6-7,9,11-12H2,1H3,(H,17,19)/t13-,14+/m1/s1. The number of aromatic nitrogens is 1. The topological polar surface area (TPSA) is 60.3 Å². The van der Waals surface area contributed by atoms with Crippen LogP contribution in [0, 0.1) is 5.92 Å². The summed E-state index contributed by atoms with van der Waals surface area (Å²) in [6, 6.07) is 4.85. The third-order valence-electron chi connectivity index (χ3n) is 4.00. The number of amides is 1. The van der Waals surface area contributed by atoms with Crippen LogP contribution in [0.25, 0.3) is 0 Å². The molecule has 1 saturated carbocycles. The predicted molar refractivity (Wildman–Crippen MR) is 81.1 cm³/mol. The van der Waals surface area contributed by atoms with Gasteiger partial charge >= 0.3 is 0 Å². The first-order valence-corrected chi connectivity index (χ1v) is 7.70. The molecule has 1 N–H and O–H groups in total. The normalized spacial score (nSPS) is 22.0. The van der Waals surface area contributed by atoms with Crippen molar-refractivity contribution in [1.29, 1.82) is 0 Å². The summed E-state index contributed by atoms with van der Waals surface area (Å²) in [5, 5.41) is 2.79. The average Bonchev–Trinajstić information content (AvgIpc) is 2.48. The highest BCUT2D eigenvalue weighted by Crippen LogP contribution is 2.25. The van der Waals surface area contributed by atoms with E-state index >= 15 is 0 Å². The number of hydrogen-bond acceptors (Lipinski definition) is 3. The van der Waals surface area contributed by atoms with Gasteiger partial charge in [-0.05, 0) is 24.8 Å². The average molecular weight is 292 g/mol. The highest BCUT2D eigenvalue weighted by atomic mass is 16.5. The van der Waals surface area contributed by atoms with E-state index < -0.39 is 0 Å². The monoisotopic (exact) mass is 292 g/mol. The molecule has 116 valence electrons. The minimum Gasteiger partial charge on any atom is -0.376 e. The van der Waals surface area contributed by atoms with Crippen LogP contribution in [0.5, 0.6) is 0 Å². The van der Waals surface area contributed by atoms with Crippen LogP contribution < -0.4 is 10.9 Å². The summed E-state index contributed by atoms with van der Waals surface area (Å²) in [6.07, 6.45) is 6.82. The van der Waals surface area contributed by atoms with Gasteiger partial charge in [0.1, 0.15) is 6.54 Å². The van der Waals surface area contributed by atoms with E-state index in [0.717, 1.165) is 6.42 Å². The molecule has 5 nitrogen and oxygen atoms in total. The second kappa shape index (κ2) is 7.98. The lowest BCUT2D eigenvalue weighted by Gasteiger charge is -2.28. The Labute approximate surface area is 125 Å². The number of nitrogens with one attached hydrogen (secondary N) is 1. The minimum atomic E-state index is -0.167. The summed E-state index contributed by atoms with van der Waals surface area (Å²) in [6.45, 7) is 3.30. The van der Waals surface area contributed by atoms with Gasteiger partial charge in [-0.15, -0.1) is 0 Å². The summed E-state index contributed by atoms with van der Waals surface area (Å²) in [7, 11) is 0. The molecule has 5 heteroatoms. The van der Waals surface area contributed by atoms with Gasteiger partial charge in [-0.2, -0.15) is 0 Å². The van der Waals surface area contributed by atoms with Gasteiger partial charge in [0.2, 0.25) is 5.91 Å². The van der Waals surface area contributed by atoms with E-state index in [2.05, 4.69) is 12.2 Å². The van der Waals surface area contributed by atoms with Crippen LogP contribution in [0.3, 0.4) is 0 Å². The van der Waals surface area contributed by atoms with Crippen molar-refractivity contribution in [3.05, 3.63) is 34.7 Å². The van der Waals surface area contributed by atoms with Crippen molar-refractivity contribution in [2.75, 3.05) is 13.2 Å². The predicted octanol–water partition coefficient (Wildman–Crippen LogP) is 1.56. The Kier molecular flexibility index (Phi) is 5.99. The highest BCUT2D eigenvalue weighted by Gasteiger charge is 2.21. The van der Waals surface area contributed by atoms with Crippen molar-refractivity contribution < 1.29 is 9.53 Å². The van der Waals surface area contributed by atoms with Gasteiger partial charge in [0, 0.05) is 18.8 Å². The molecule has 1 amide bonds. The molecule has 1 aromatic rings. The summed E-state index contributed by atoms with van der Waals surface area (Å²) in [4.78, 5) is 23.2. The summed E-state index contributed by atoms with van der Waals surface area (Å²) in [5.74, 6) is 0.445. The Balaban J connectivity index is 1.65. The van der Waals surface area contributed by atoms with Crippen LogP contribution in [-0.4, -0.2) is 29.7 Å². The van der Waals surface area contributed by atoms with Crippen molar-refractivity contribution in [3.8, 4) is 0 Å². The van der Waals surface area contributed by atoms with Crippen LogP contribution in [0.4, 0.5) is 0 Å². The SMILES string of the molecule is C[C@@H]1CCCC[C@@H]1OCCNC(=O)Cn1ccccc1=O. The first-order chi connectivity index (χ1) is 10.2. The van der Waals surface area contributed by atoms with Gasteiger partial charge in [-0.3, -0.25) is 9.59 Å². The van der Waals surface area contributed by atoms with E-state index in [9.17, 15) is 9.59 Å². The molecule has 1 fully saturated rings. The van der Waals surface area contributed by atoms with E-state index in [1.807, 2.05) is 0 Å². The molecular formula is C16H24N2O3. The number of rotatable bonds is 6. The molecule has 21 heavy (non-hydrogen) atoms. The maximum atomic E-state index is 11.8. The number of hydrogen-bond donors (Lipinski definition) is 1. The van der Waals surface area contributed by atoms with Crippen molar-refractivity contribution in [2.45, 2.75) is 45.3 Å². The van der Waals surface area contributed by atoms with Crippen LogP contribution in [0.15, 0.2) is 29.2 Å². The molecule has 2 rings (SSSR count). The minimum absolute atomic E-state index is 0.0551. The van der Waals surface area contributed by atoms with Gasteiger partial charge in [0.05, 0.1) is 12.7 Å². The number of carbonyl (C=O) groups is 1. The molecule has 1 heterocycles. The van der Waals surface area contributed by atoms with E-state index in [-0.39, 0.29) is 18.0 Å². The Morgan fingerprint density at radius 1 is 1.38 bits per heavy atom. The Bertz CT molecular complexity index is 512. The molecular weight excluding hydrogens is 268 g/mol. The molecule has 1 aliphatic carbocycles. The Morgan fingerprint density at radius 3 is 2.95 bits per heavy atom. The second-order valence-corrected chi connectivity index (χ2v) is 5.69. The first-order valence-electron chi connectivity index (χ1n) is 7.70. The summed E-state index contributed by atoms with van der Waals surface area (Å²) >= 11 is 0. The lowest BCUT2D eigenvalue weighted by Crippen LogP contribution is -2.35. The zero-order valence-corrected chi connectivity index (χ0v) is 12.6. The molecule has 1 aliphatic rings. The van der Waals surface area contributed by atoms with Gasteiger partial charge in [0.25, 0.3) is 5.56 Å². The third kappa shape index (κ3) is 5.01. The smallest absolute Gasteiger partial charge is 0.250 e. The number of nitrogens with zero attached hydrogens (tertiary/aromatic N) is 1. The molecule has 1 aromatic heterocycles. The molecule has 0 aromatic carbocycles.